The van der Waals surface area contributed by atoms with Crippen molar-refractivity contribution in [1.82, 2.24) is 9.88 Å². The molecule has 0 spiro atoms. The van der Waals surface area contributed by atoms with Crippen molar-refractivity contribution in [3.8, 4) is 0 Å². The minimum absolute atomic E-state index is 0.505. The van der Waals surface area contributed by atoms with Gasteiger partial charge in [-0.15, -0.1) is 0 Å². The summed E-state index contributed by atoms with van der Waals surface area (Å²) in [5.41, 5.74) is 0.505. The van der Waals surface area contributed by atoms with Gasteiger partial charge in [-0.2, -0.15) is 0 Å². The number of hydrogen-bond acceptors (Lipinski definition) is 4. The Hall–Kier alpha value is -1.42. The first kappa shape index (κ1) is 11.1. The number of carbonyl (C=O) groups excluding carboxylic acids is 1. The van der Waals surface area contributed by atoms with Gasteiger partial charge in [-0.25, -0.2) is 4.98 Å². The van der Waals surface area contributed by atoms with Crippen LogP contribution in [0.2, 0.25) is 0 Å². The third-order valence-corrected chi connectivity index (χ3v) is 3.09. The molecule has 0 radical (unpaired) electrons. The first-order valence-corrected chi connectivity index (χ1v) is 5.54. The Kier molecular flexibility index (Phi) is 3.19. The molecular formula is C12H17N3O. The summed E-state index contributed by atoms with van der Waals surface area (Å²) in [7, 11) is 4.20. The van der Waals surface area contributed by atoms with E-state index >= 15 is 0 Å². The molecule has 2 rings (SSSR count). The maximum absolute atomic E-state index is 10.7. The standard InChI is InChI=1S/C12H17N3O/c1-14(2)11-6-7-15(8-11)12-5-3-4-10(9-16)13-12/h3-5,9,11H,6-8H2,1-2H3. The predicted molar refractivity (Wildman–Crippen MR) is 63.9 cm³/mol. The lowest BCUT2D eigenvalue weighted by atomic mass is 10.2. The molecule has 1 aliphatic heterocycles. The van der Waals surface area contributed by atoms with Crippen molar-refractivity contribution in [3.05, 3.63) is 23.9 Å². The lowest BCUT2D eigenvalue weighted by molar-refractivity contribution is 0.111. The first-order valence-electron chi connectivity index (χ1n) is 5.54. The molecule has 1 unspecified atom stereocenters. The Morgan fingerprint density at radius 1 is 1.50 bits per heavy atom. The van der Waals surface area contributed by atoms with Crippen molar-refractivity contribution < 1.29 is 4.79 Å². The average Bonchev–Trinajstić information content (AvgIpc) is 2.78. The van der Waals surface area contributed by atoms with Crippen molar-refractivity contribution in [3.63, 3.8) is 0 Å². The van der Waals surface area contributed by atoms with Crippen LogP contribution in [0.5, 0.6) is 0 Å². The summed E-state index contributed by atoms with van der Waals surface area (Å²) >= 11 is 0. The number of nitrogens with zero attached hydrogens (tertiary/aromatic N) is 3. The van der Waals surface area contributed by atoms with Crippen LogP contribution in [0.3, 0.4) is 0 Å². The van der Waals surface area contributed by atoms with Gasteiger partial charge in [0.15, 0.2) is 6.29 Å². The highest BCUT2D eigenvalue weighted by Crippen LogP contribution is 2.20. The van der Waals surface area contributed by atoms with Crippen molar-refractivity contribution in [1.29, 1.82) is 0 Å². The van der Waals surface area contributed by atoms with E-state index in [4.69, 9.17) is 0 Å². The van der Waals surface area contributed by atoms with Crippen LogP contribution >= 0.6 is 0 Å². The van der Waals surface area contributed by atoms with Gasteiger partial charge in [0.25, 0.3) is 0 Å². The molecule has 0 N–H and O–H groups in total. The van der Waals surface area contributed by atoms with E-state index in [1.54, 1.807) is 6.07 Å². The molecule has 0 aliphatic carbocycles. The monoisotopic (exact) mass is 219 g/mol. The molecule has 1 atom stereocenters. The summed E-state index contributed by atoms with van der Waals surface area (Å²) in [5, 5.41) is 0. The van der Waals surface area contributed by atoms with Crippen LogP contribution < -0.4 is 4.90 Å². The van der Waals surface area contributed by atoms with Gasteiger partial charge in [0.1, 0.15) is 11.5 Å². The third-order valence-electron chi connectivity index (χ3n) is 3.09. The molecule has 0 saturated carbocycles. The van der Waals surface area contributed by atoms with Crippen LogP contribution in [0.1, 0.15) is 16.9 Å². The number of aromatic nitrogens is 1. The van der Waals surface area contributed by atoms with Crippen molar-refractivity contribution >= 4 is 12.1 Å². The molecule has 4 heteroatoms. The van der Waals surface area contributed by atoms with E-state index in [2.05, 4.69) is 28.9 Å². The summed E-state index contributed by atoms with van der Waals surface area (Å²) < 4.78 is 0. The molecule has 16 heavy (non-hydrogen) atoms. The molecule has 0 amide bonds. The zero-order valence-electron chi connectivity index (χ0n) is 9.76. The number of anilines is 1. The molecular weight excluding hydrogens is 202 g/mol. The van der Waals surface area contributed by atoms with Gasteiger partial charge >= 0.3 is 0 Å². The van der Waals surface area contributed by atoms with E-state index in [1.165, 1.54) is 0 Å². The molecule has 1 aliphatic rings. The summed E-state index contributed by atoms with van der Waals surface area (Å²) in [4.78, 5) is 19.4. The Morgan fingerprint density at radius 2 is 2.31 bits per heavy atom. The van der Waals surface area contributed by atoms with E-state index in [0.717, 1.165) is 31.6 Å². The Bertz CT molecular complexity index is 378. The molecule has 1 aromatic rings. The molecule has 0 aromatic carbocycles. The number of pyridine rings is 1. The molecule has 4 nitrogen and oxygen atoms in total. The van der Waals surface area contributed by atoms with Crippen molar-refractivity contribution in [2.75, 3.05) is 32.1 Å². The Balaban J connectivity index is 2.11. The number of rotatable bonds is 3. The summed E-state index contributed by atoms with van der Waals surface area (Å²) in [6.45, 7) is 2.00. The summed E-state index contributed by atoms with van der Waals surface area (Å²) in [6, 6.07) is 6.16. The van der Waals surface area contributed by atoms with Gasteiger partial charge in [0.05, 0.1) is 0 Å². The smallest absolute Gasteiger partial charge is 0.168 e. The first-order chi connectivity index (χ1) is 7.70. The second kappa shape index (κ2) is 4.61. The fourth-order valence-electron chi connectivity index (χ4n) is 2.05. The number of carbonyl (C=O) groups is 1. The van der Waals surface area contributed by atoms with Crippen LogP contribution in [0.25, 0.3) is 0 Å². The van der Waals surface area contributed by atoms with Gasteiger partial charge in [0, 0.05) is 19.1 Å². The largest absolute Gasteiger partial charge is 0.355 e. The molecule has 1 saturated heterocycles. The molecule has 1 aromatic heterocycles. The van der Waals surface area contributed by atoms with Gasteiger partial charge in [-0.3, -0.25) is 4.79 Å². The zero-order chi connectivity index (χ0) is 11.5. The van der Waals surface area contributed by atoms with Gasteiger partial charge in [-0.1, -0.05) is 6.07 Å². The third kappa shape index (κ3) is 2.22. The lowest BCUT2D eigenvalue weighted by Gasteiger charge is -2.21. The topological polar surface area (TPSA) is 36.4 Å². The zero-order valence-corrected chi connectivity index (χ0v) is 9.76. The van der Waals surface area contributed by atoms with E-state index in [0.29, 0.717) is 11.7 Å². The minimum atomic E-state index is 0.505. The van der Waals surface area contributed by atoms with E-state index in [1.807, 2.05) is 12.1 Å². The fourth-order valence-corrected chi connectivity index (χ4v) is 2.05. The maximum Gasteiger partial charge on any atom is 0.168 e. The Morgan fingerprint density at radius 3 is 2.94 bits per heavy atom. The van der Waals surface area contributed by atoms with E-state index in [-0.39, 0.29) is 0 Å². The van der Waals surface area contributed by atoms with E-state index in [9.17, 15) is 4.79 Å². The fraction of sp³-hybridized carbons (Fsp3) is 0.500. The molecule has 1 fully saturated rings. The highest BCUT2D eigenvalue weighted by atomic mass is 16.1. The van der Waals surface area contributed by atoms with Crippen LogP contribution in [0.4, 0.5) is 5.82 Å². The molecule has 86 valence electrons. The second-order valence-electron chi connectivity index (χ2n) is 4.39. The van der Waals surface area contributed by atoms with Crippen LogP contribution in [-0.4, -0.2) is 49.4 Å². The minimum Gasteiger partial charge on any atom is -0.355 e. The van der Waals surface area contributed by atoms with Crippen LogP contribution in [0.15, 0.2) is 18.2 Å². The second-order valence-corrected chi connectivity index (χ2v) is 4.39. The summed E-state index contributed by atoms with van der Waals surface area (Å²) in [5.74, 6) is 0.911. The number of aldehydes is 1. The Labute approximate surface area is 95.9 Å². The highest BCUT2D eigenvalue weighted by Gasteiger charge is 2.24. The normalized spacial score (nSPS) is 20.4. The summed E-state index contributed by atoms with van der Waals surface area (Å²) in [6.07, 6.45) is 1.95. The maximum atomic E-state index is 10.7. The average molecular weight is 219 g/mol. The number of likely N-dealkylation sites (N-methyl/N-ethyl adjacent to an activating group) is 1. The molecule has 2 heterocycles. The van der Waals surface area contributed by atoms with Gasteiger partial charge in [-0.05, 0) is 32.6 Å². The van der Waals surface area contributed by atoms with Crippen LogP contribution in [-0.2, 0) is 0 Å². The van der Waals surface area contributed by atoms with E-state index < -0.39 is 0 Å². The predicted octanol–water partition coefficient (Wildman–Crippen LogP) is 1.03. The SMILES string of the molecule is CN(C)C1CCN(c2cccc(C=O)n2)C1. The lowest BCUT2D eigenvalue weighted by Crippen LogP contribution is -2.31. The highest BCUT2D eigenvalue weighted by molar-refractivity contribution is 5.72. The molecule has 0 bridgehead atoms. The quantitative estimate of drug-likeness (QED) is 0.712. The van der Waals surface area contributed by atoms with Crippen molar-refractivity contribution in [2.45, 2.75) is 12.5 Å². The van der Waals surface area contributed by atoms with Crippen LogP contribution in [0, 0.1) is 0 Å². The van der Waals surface area contributed by atoms with Crippen molar-refractivity contribution in [2.24, 2.45) is 0 Å². The van der Waals surface area contributed by atoms with Gasteiger partial charge in [0.2, 0.25) is 0 Å². The number of hydrogen-bond donors (Lipinski definition) is 0. The van der Waals surface area contributed by atoms with Gasteiger partial charge < -0.3 is 9.80 Å².